The lowest BCUT2D eigenvalue weighted by molar-refractivity contribution is -0.255. The SMILES string of the molecule is O=C([O-])c1ccc2oc(=O)c(S(=O)(=O)c3ccc(Cl)cc3)cc2c1. The van der Waals surface area contributed by atoms with Crippen LogP contribution in [0.4, 0.5) is 0 Å². The smallest absolute Gasteiger partial charge is 0.355 e. The van der Waals surface area contributed by atoms with Gasteiger partial charge < -0.3 is 14.3 Å². The van der Waals surface area contributed by atoms with E-state index in [4.69, 9.17) is 16.0 Å². The summed E-state index contributed by atoms with van der Waals surface area (Å²) in [5.41, 5.74) is -1.13. The summed E-state index contributed by atoms with van der Waals surface area (Å²) in [4.78, 5) is 22.2. The van der Waals surface area contributed by atoms with E-state index in [1.165, 1.54) is 42.5 Å². The number of carbonyl (C=O) groups excluding carboxylic acids is 1. The second-order valence-electron chi connectivity index (χ2n) is 4.90. The van der Waals surface area contributed by atoms with E-state index in [2.05, 4.69) is 0 Å². The number of fused-ring (bicyclic) bond motifs is 1. The number of aromatic carboxylic acids is 1. The van der Waals surface area contributed by atoms with Gasteiger partial charge in [0, 0.05) is 10.4 Å². The lowest BCUT2D eigenvalue weighted by Gasteiger charge is -2.07. The Morgan fingerprint density at radius 1 is 1.04 bits per heavy atom. The van der Waals surface area contributed by atoms with Crippen LogP contribution in [0.25, 0.3) is 11.0 Å². The molecule has 0 saturated carbocycles. The monoisotopic (exact) mass is 363 g/mol. The average Bonchev–Trinajstić information content (AvgIpc) is 2.54. The Labute approximate surface area is 140 Å². The second-order valence-corrected chi connectivity index (χ2v) is 7.25. The number of carboxylic acid groups (broad SMARTS) is 1. The van der Waals surface area contributed by atoms with Gasteiger partial charge in [0.2, 0.25) is 9.84 Å². The Bertz CT molecular complexity index is 1110. The molecule has 0 aliphatic rings. The summed E-state index contributed by atoms with van der Waals surface area (Å²) in [6.07, 6.45) is 0. The zero-order valence-corrected chi connectivity index (χ0v) is 13.4. The molecule has 2 aromatic carbocycles. The van der Waals surface area contributed by atoms with E-state index in [-0.39, 0.29) is 21.4 Å². The zero-order valence-electron chi connectivity index (χ0n) is 11.9. The number of sulfone groups is 1. The van der Waals surface area contributed by atoms with Crippen LogP contribution in [0, 0.1) is 0 Å². The van der Waals surface area contributed by atoms with Crippen LogP contribution in [0.5, 0.6) is 0 Å². The highest BCUT2D eigenvalue weighted by Crippen LogP contribution is 2.23. The number of benzene rings is 2. The molecular weight excluding hydrogens is 356 g/mol. The third kappa shape index (κ3) is 2.79. The molecule has 0 aliphatic carbocycles. The summed E-state index contributed by atoms with van der Waals surface area (Å²) in [5.74, 6) is -1.43. The molecule has 3 rings (SSSR count). The van der Waals surface area contributed by atoms with Gasteiger partial charge in [0.05, 0.1) is 10.9 Å². The fourth-order valence-corrected chi connectivity index (χ4v) is 3.58. The molecular formula is C16H8ClO6S-. The van der Waals surface area contributed by atoms with Crippen molar-refractivity contribution in [3.63, 3.8) is 0 Å². The van der Waals surface area contributed by atoms with Gasteiger partial charge in [0.15, 0.2) is 4.90 Å². The van der Waals surface area contributed by atoms with Crippen molar-refractivity contribution in [2.75, 3.05) is 0 Å². The topological polar surface area (TPSA) is 104 Å². The van der Waals surface area contributed by atoms with Crippen LogP contribution >= 0.6 is 11.6 Å². The Kier molecular flexibility index (Phi) is 3.90. The number of halogens is 1. The van der Waals surface area contributed by atoms with E-state index in [9.17, 15) is 23.1 Å². The van der Waals surface area contributed by atoms with Crippen molar-refractivity contribution in [1.29, 1.82) is 0 Å². The Balaban J connectivity index is 2.24. The molecule has 0 bridgehead atoms. The highest BCUT2D eigenvalue weighted by Gasteiger charge is 2.23. The molecule has 24 heavy (non-hydrogen) atoms. The minimum atomic E-state index is -4.14. The lowest BCUT2D eigenvalue weighted by atomic mass is 10.1. The third-order valence-corrected chi connectivity index (χ3v) is 5.36. The Morgan fingerprint density at radius 2 is 1.71 bits per heavy atom. The largest absolute Gasteiger partial charge is 0.545 e. The van der Waals surface area contributed by atoms with Crippen molar-refractivity contribution >= 4 is 38.4 Å². The van der Waals surface area contributed by atoms with Crippen molar-refractivity contribution < 1.29 is 22.7 Å². The summed E-state index contributed by atoms with van der Waals surface area (Å²) in [6.45, 7) is 0. The highest BCUT2D eigenvalue weighted by atomic mass is 35.5. The zero-order chi connectivity index (χ0) is 17.5. The van der Waals surface area contributed by atoms with Crippen LogP contribution in [0.1, 0.15) is 10.4 Å². The van der Waals surface area contributed by atoms with Crippen LogP contribution in [-0.4, -0.2) is 14.4 Å². The minimum Gasteiger partial charge on any atom is -0.545 e. The van der Waals surface area contributed by atoms with Gasteiger partial charge in [-0.05, 0) is 54.1 Å². The predicted octanol–water partition coefficient (Wildman–Crippen LogP) is 1.64. The van der Waals surface area contributed by atoms with Crippen LogP contribution in [-0.2, 0) is 9.84 Å². The number of hydrogen-bond donors (Lipinski definition) is 0. The second kappa shape index (κ2) is 5.77. The standard InChI is InChI=1S/C16H9ClO6S/c17-11-2-4-12(5-3-11)24(21,22)14-8-10-7-9(15(18)19)1-6-13(10)23-16(14)20/h1-8H,(H,18,19)/p-1. The Morgan fingerprint density at radius 3 is 2.33 bits per heavy atom. The molecule has 122 valence electrons. The van der Waals surface area contributed by atoms with E-state index >= 15 is 0 Å². The molecule has 0 unspecified atom stereocenters. The van der Waals surface area contributed by atoms with Crippen LogP contribution in [0.2, 0.25) is 5.02 Å². The maximum atomic E-state index is 12.6. The molecule has 0 saturated heterocycles. The van der Waals surface area contributed by atoms with Crippen LogP contribution in [0.3, 0.4) is 0 Å². The normalized spacial score (nSPS) is 11.5. The van der Waals surface area contributed by atoms with Gasteiger partial charge >= 0.3 is 5.63 Å². The lowest BCUT2D eigenvalue weighted by Crippen LogP contribution is -2.22. The number of carbonyl (C=O) groups is 1. The van der Waals surface area contributed by atoms with Crippen molar-refractivity contribution in [3.05, 3.63) is 69.5 Å². The van der Waals surface area contributed by atoms with Crippen molar-refractivity contribution in [2.24, 2.45) is 0 Å². The average molecular weight is 364 g/mol. The van der Waals surface area contributed by atoms with E-state index in [1.54, 1.807) is 0 Å². The number of carboxylic acids is 1. The quantitative estimate of drug-likeness (QED) is 0.655. The first-order chi connectivity index (χ1) is 11.3. The summed E-state index contributed by atoms with van der Waals surface area (Å²) >= 11 is 5.73. The van der Waals surface area contributed by atoms with E-state index in [0.717, 1.165) is 6.07 Å². The molecule has 8 heteroatoms. The first kappa shape index (κ1) is 16.2. The molecule has 3 aromatic rings. The minimum absolute atomic E-state index is 0.0695. The van der Waals surface area contributed by atoms with Gasteiger partial charge in [0.25, 0.3) is 0 Å². The van der Waals surface area contributed by atoms with Gasteiger partial charge in [-0.1, -0.05) is 11.6 Å². The van der Waals surface area contributed by atoms with Gasteiger partial charge in [-0.15, -0.1) is 0 Å². The third-order valence-electron chi connectivity index (χ3n) is 3.35. The molecule has 6 nitrogen and oxygen atoms in total. The summed E-state index contributed by atoms with van der Waals surface area (Å²) in [6, 6.07) is 10.0. The van der Waals surface area contributed by atoms with Crippen molar-refractivity contribution in [2.45, 2.75) is 9.79 Å². The molecule has 0 radical (unpaired) electrons. The number of hydrogen-bond acceptors (Lipinski definition) is 6. The molecule has 0 amide bonds. The fourth-order valence-electron chi connectivity index (χ4n) is 2.16. The van der Waals surface area contributed by atoms with Gasteiger partial charge in [0.1, 0.15) is 5.58 Å². The molecule has 1 aromatic heterocycles. The van der Waals surface area contributed by atoms with Crippen LogP contribution < -0.4 is 10.7 Å². The molecule has 0 aliphatic heterocycles. The molecule has 0 spiro atoms. The van der Waals surface area contributed by atoms with E-state index in [0.29, 0.717) is 5.02 Å². The Hall–Kier alpha value is -2.64. The summed E-state index contributed by atoms with van der Waals surface area (Å²) in [5, 5.41) is 11.4. The van der Waals surface area contributed by atoms with E-state index in [1.807, 2.05) is 0 Å². The maximum absolute atomic E-state index is 12.6. The van der Waals surface area contributed by atoms with Gasteiger partial charge in [-0.2, -0.15) is 0 Å². The summed E-state index contributed by atoms with van der Waals surface area (Å²) in [7, 11) is -4.14. The molecule has 1 heterocycles. The first-order valence-electron chi connectivity index (χ1n) is 6.59. The van der Waals surface area contributed by atoms with Crippen molar-refractivity contribution in [1.82, 2.24) is 0 Å². The first-order valence-corrected chi connectivity index (χ1v) is 8.45. The number of rotatable bonds is 3. The summed E-state index contributed by atoms with van der Waals surface area (Å²) < 4.78 is 30.2. The van der Waals surface area contributed by atoms with Gasteiger partial charge in [-0.3, -0.25) is 0 Å². The van der Waals surface area contributed by atoms with Gasteiger partial charge in [-0.25, -0.2) is 13.2 Å². The van der Waals surface area contributed by atoms with Crippen LogP contribution in [0.15, 0.2) is 67.5 Å². The maximum Gasteiger partial charge on any atom is 0.355 e. The molecule has 0 N–H and O–H groups in total. The predicted molar refractivity (Wildman–Crippen MR) is 83.7 cm³/mol. The van der Waals surface area contributed by atoms with E-state index < -0.39 is 26.3 Å². The highest BCUT2D eigenvalue weighted by molar-refractivity contribution is 7.91. The van der Waals surface area contributed by atoms with Crippen molar-refractivity contribution in [3.8, 4) is 0 Å². The molecule has 0 fully saturated rings. The fraction of sp³-hybridized carbons (Fsp3) is 0. The molecule has 0 atom stereocenters.